The molecule has 1 aliphatic heterocycles. The molecule has 24 heavy (non-hydrogen) atoms. The summed E-state index contributed by atoms with van der Waals surface area (Å²) in [5.74, 6) is 0.623. The van der Waals surface area contributed by atoms with Crippen LogP contribution in [0.1, 0.15) is 6.42 Å². The van der Waals surface area contributed by atoms with Crippen molar-refractivity contribution in [2.75, 3.05) is 31.6 Å². The quantitative estimate of drug-likeness (QED) is 0.814. The molecule has 0 aliphatic carbocycles. The monoisotopic (exact) mass is 346 g/mol. The summed E-state index contributed by atoms with van der Waals surface area (Å²) in [6.45, 7) is 2.00. The first kappa shape index (κ1) is 16.8. The van der Waals surface area contributed by atoms with E-state index in [1.807, 2.05) is 31.3 Å². The van der Waals surface area contributed by atoms with E-state index in [2.05, 4.69) is 10.2 Å². The van der Waals surface area contributed by atoms with E-state index < -0.39 is 15.3 Å². The molecule has 0 radical (unpaired) electrons. The Morgan fingerprint density at radius 2 is 1.83 bits per heavy atom. The van der Waals surface area contributed by atoms with Crippen LogP contribution in [0.2, 0.25) is 0 Å². The van der Waals surface area contributed by atoms with E-state index in [1.165, 1.54) is 0 Å². The Hall–Kier alpha value is -2.05. The zero-order valence-electron chi connectivity index (χ0n) is 13.7. The highest BCUT2D eigenvalue weighted by atomic mass is 32.2. The van der Waals surface area contributed by atoms with Crippen molar-refractivity contribution in [3.63, 3.8) is 0 Å². The fourth-order valence-electron chi connectivity index (χ4n) is 2.86. The van der Waals surface area contributed by atoms with Gasteiger partial charge in [0.05, 0.1) is 17.1 Å². The average molecular weight is 346 g/mol. The minimum absolute atomic E-state index is 0.296. The molecule has 0 aromatic heterocycles. The van der Waals surface area contributed by atoms with Crippen LogP contribution in [0, 0.1) is 0 Å². The molecule has 0 bridgehead atoms. The van der Waals surface area contributed by atoms with Gasteiger partial charge in [-0.2, -0.15) is 0 Å². The van der Waals surface area contributed by atoms with Gasteiger partial charge in [0.1, 0.15) is 5.75 Å². The standard InChI is InChI=1S/C18H22N2O3S/c1-19-12-7-13-20-14-18(23-17-11-6-5-10-16(17)20)24(21,22)15-8-3-2-4-9-15/h2-6,8-11,18-19H,7,12-14H2,1H3. The maximum absolute atomic E-state index is 12.9. The molecular weight excluding hydrogens is 324 g/mol. The molecule has 0 saturated carbocycles. The van der Waals surface area contributed by atoms with Crippen LogP contribution in [0.5, 0.6) is 5.75 Å². The van der Waals surface area contributed by atoms with Crippen molar-refractivity contribution in [2.24, 2.45) is 0 Å². The van der Waals surface area contributed by atoms with E-state index in [0.29, 0.717) is 17.2 Å². The van der Waals surface area contributed by atoms with E-state index in [1.54, 1.807) is 30.3 Å². The number of anilines is 1. The van der Waals surface area contributed by atoms with Gasteiger partial charge in [0.15, 0.2) is 0 Å². The molecule has 0 amide bonds. The fourth-order valence-corrected chi connectivity index (χ4v) is 4.30. The maximum atomic E-state index is 12.9. The van der Waals surface area contributed by atoms with Gasteiger partial charge in [0.2, 0.25) is 15.3 Å². The summed E-state index contributed by atoms with van der Waals surface area (Å²) in [7, 11) is -1.64. The molecule has 1 atom stereocenters. The van der Waals surface area contributed by atoms with Crippen molar-refractivity contribution in [2.45, 2.75) is 16.8 Å². The summed E-state index contributed by atoms with van der Waals surface area (Å²) in [5, 5.41) is 3.12. The summed E-state index contributed by atoms with van der Waals surface area (Å²) in [5.41, 5.74) is 0.0532. The second-order valence-corrected chi connectivity index (χ2v) is 7.86. The van der Waals surface area contributed by atoms with Gasteiger partial charge >= 0.3 is 0 Å². The third kappa shape index (κ3) is 3.39. The van der Waals surface area contributed by atoms with Crippen molar-refractivity contribution < 1.29 is 13.2 Å². The minimum atomic E-state index is -3.55. The van der Waals surface area contributed by atoms with Gasteiger partial charge in [-0.15, -0.1) is 0 Å². The van der Waals surface area contributed by atoms with Gasteiger partial charge in [-0.25, -0.2) is 8.42 Å². The van der Waals surface area contributed by atoms with Crippen LogP contribution in [-0.4, -0.2) is 40.5 Å². The second-order valence-electron chi connectivity index (χ2n) is 5.78. The molecule has 3 rings (SSSR count). The first-order valence-corrected chi connectivity index (χ1v) is 9.62. The largest absolute Gasteiger partial charge is 0.470 e. The fraction of sp³-hybridized carbons (Fsp3) is 0.333. The second kappa shape index (κ2) is 7.23. The Bertz CT molecular complexity index is 778. The summed E-state index contributed by atoms with van der Waals surface area (Å²) in [6, 6.07) is 16.1. The van der Waals surface area contributed by atoms with Gasteiger partial charge in [0, 0.05) is 6.54 Å². The van der Waals surface area contributed by atoms with Crippen LogP contribution >= 0.6 is 0 Å². The highest BCUT2D eigenvalue weighted by Crippen LogP contribution is 2.35. The highest BCUT2D eigenvalue weighted by molar-refractivity contribution is 7.92. The van der Waals surface area contributed by atoms with E-state index in [0.717, 1.165) is 25.2 Å². The van der Waals surface area contributed by atoms with E-state index in [-0.39, 0.29) is 0 Å². The van der Waals surface area contributed by atoms with Crippen molar-refractivity contribution in [1.29, 1.82) is 0 Å². The van der Waals surface area contributed by atoms with Crippen LogP contribution in [-0.2, 0) is 9.84 Å². The van der Waals surface area contributed by atoms with Crippen molar-refractivity contribution in [3.05, 3.63) is 54.6 Å². The smallest absolute Gasteiger partial charge is 0.220 e. The van der Waals surface area contributed by atoms with E-state index in [9.17, 15) is 8.42 Å². The van der Waals surface area contributed by atoms with E-state index >= 15 is 0 Å². The van der Waals surface area contributed by atoms with Crippen molar-refractivity contribution in [1.82, 2.24) is 5.32 Å². The van der Waals surface area contributed by atoms with Crippen molar-refractivity contribution >= 4 is 15.5 Å². The molecule has 1 unspecified atom stereocenters. The predicted molar refractivity (Wildman–Crippen MR) is 95.2 cm³/mol. The Labute approximate surface area is 143 Å². The summed E-state index contributed by atoms with van der Waals surface area (Å²) >= 11 is 0. The summed E-state index contributed by atoms with van der Waals surface area (Å²) in [6.07, 6.45) is 0.933. The Kier molecular flexibility index (Phi) is 5.06. The number of ether oxygens (including phenoxy) is 1. The summed E-state index contributed by atoms with van der Waals surface area (Å²) in [4.78, 5) is 2.39. The lowest BCUT2D eigenvalue weighted by Crippen LogP contribution is -2.45. The van der Waals surface area contributed by atoms with Gasteiger partial charge in [-0.05, 0) is 44.3 Å². The van der Waals surface area contributed by atoms with Crippen LogP contribution < -0.4 is 15.0 Å². The molecule has 1 aliphatic rings. The van der Waals surface area contributed by atoms with Gasteiger partial charge in [-0.3, -0.25) is 0 Å². The number of para-hydroxylation sites is 2. The molecule has 128 valence electrons. The zero-order chi connectivity index (χ0) is 17.0. The number of nitrogens with one attached hydrogen (secondary N) is 1. The lowest BCUT2D eigenvalue weighted by atomic mass is 10.2. The Morgan fingerprint density at radius 1 is 1.12 bits per heavy atom. The zero-order valence-corrected chi connectivity index (χ0v) is 14.5. The van der Waals surface area contributed by atoms with Gasteiger partial charge < -0.3 is 15.0 Å². The number of sulfone groups is 1. The SMILES string of the molecule is CNCCCN1CC(S(=O)(=O)c2ccccc2)Oc2ccccc21. The molecular formula is C18H22N2O3S. The number of fused-ring (bicyclic) bond motifs is 1. The van der Waals surface area contributed by atoms with Crippen LogP contribution in [0.15, 0.2) is 59.5 Å². The lowest BCUT2D eigenvalue weighted by molar-refractivity contribution is 0.261. The third-order valence-electron chi connectivity index (χ3n) is 4.11. The lowest BCUT2D eigenvalue weighted by Gasteiger charge is -2.36. The van der Waals surface area contributed by atoms with Gasteiger partial charge in [-0.1, -0.05) is 30.3 Å². The molecule has 6 heteroatoms. The number of hydrogen-bond acceptors (Lipinski definition) is 5. The number of hydrogen-bond donors (Lipinski definition) is 1. The molecule has 0 spiro atoms. The van der Waals surface area contributed by atoms with Crippen LogP contribution in [0.3, 0.4) is 0 Å². The number of rotatable bonds is 6. The Morgan fingerprint density at radius 3 is 2.58 bits per heavy atom. The highest BCUT2D eigenvalue weighted by Gasteiger charge is 2.35. The molecule has 0 fully saturated rings. The minimum Gasteiger partial charge on any atom is -0.470 e. The first-order valence-electron chi connectivity index (χ1n) is 8.07. The summed E-state index contributed by atoms with van der Waals surface area (Å²) < 4.78 is 31.7. The topological polar surface area (TPSA) is 58.6 Å². The van der Waals surface area contributed by atoms with Gasteiger partial charge in [0.25, 0.3) is 0 Å². The number of benzene rings is 2. The molecule has 1 N–H and O–H groups in total. The van der Waals surface area contributed by atoms with Crippen LogP contribution in [0.4, 0.5) is 5.69 Å². The average Bonchev–Trinajstić information content (AvgIpc) is 2.62. The first-order chi connectivity index (χ1) is 11.6. The molecule has 0 saturated heterocycles. The third-order valence-corrected chi connectivity index (χ3v) is 5.97. The van der Waals surface area contributed by atoms with E-state index in [4.69, 9.17) is 4.74 Å². The maximum Gasteiger partial charge on any atom is 0.220 e. The predicted octanol–water partition coefficient (Wildman–Crippen LogP) is 2.29. The van der Waals surface area contributed by atoms with Crippen molar-refractivity contribution in [3.8, 4) is 5.75 Å². The molecule has 2 aromatic rings. The normalized spacial score (nSPS) is 17.2. The molecule has 1 heterocycles. The van der Waals surface area contributed by atoms with Crippen LogP contribution in [0.25, 0.3) is 0 Å². The number of nitrogens with zero attached hydrogens (tertiary/aromatic N) is 1. The molecule has 2 aromatic carbocycles. The molecule has 5 nitrogen and oxygen atoms in total. The Balaban J connectivity index is 1.89.